The summed E-state index contributed by atoms with van der Waals surface area (Å²) in [6, 6.07) is 0.969. The summed E-state index contributed by atoms with van der Waals surface area (Å²) in [6.45, 7) is 2.22. The van der Waals surface area contributed by atoms with Crippen molar-refractivity contribution in [3.05, 3.63) is 46.5 Å². The molecule has 6 heteroatoms. The smallest absolute Gasteiger partial charge is 0.342 e. The number of aromatic hydroxyl groups is 2. The summed E-state index contributed by atoms with van der Waals surface area (Å²) in [7, 11) is 0. The maximum Gasteiger partial charge on any atom is 0.342 e. The number of ketones is 1. The largest absolute Gasteiger partial charge is 0.507 e. The summed E-state index contributed by atoms with van der Waals surface area (Å²) in [4.78, 5) is 24.4. The fourth-order valence-corrected chi connectivity index (χ4v) is 2.68. The second-order valence-electron chi connectivity index (χ2n) is 5.72. The number of cyclic esters (lactones) is 1. The second kappa shape index (κ2) is 8.02. The van der Waals surface area contributed by atoms with Gasteiger partial charge < -0.3 is 14.9 Å². The van der Waals surface area contributed by atoms with Crippen molar-refractivity contribution in [2.24, 2.45) is 5.92 Å². The van der Waals surface area contributed by atoms with Crippen LogP contribution in [0, 0.1) is 5.92 Å². The van der Waals surface area contributed by atoms with Gasteiger partial charge in [0.1, 0.15) is 17.1 Å². The van der Waals surface area contributed by atoms with Crippen LogP contribution in [0.5, 0.6) is 11.5 Å². The first kappa shape index (κ1) is 18.1. The van der Waals surface area contributed by atoms with E-state index in [0.717, 1.165) is 12.5 Å². The number of hydrogen-bond donors (Lipinski definition) is 2. The minimum absolute atomic E-state index is 0.0585. The Kier molecular flexibility index (Phi) is 6.04. The quantitative estimate of drug-likeness (QED) is 0.699. The van der Waals surface area contributed by atoms with Crippen molar-refractivity contribution in [3.8, 4) is 11.5 Å². The van der Waals surface area contributed by atoms with Gasteiger partial charge in [0.15, 0.2) is 5.78 Å². The summed E-state index contributed by atoms with van der Waals surface area (Å²) in [5.41, 5.74) is -0.122. The maximum absolute atomic E-state index is 12.3. The SMILES string of the molecule is C[C@H]1/C=C\C=C\C(=O)Cc2c(Cl)c(O)cc(O)c2C(=O)OCCC1. The van der Waals surface area contributed by atoms with Crippen LogP contribution in [-0.4, -0.2) is 28.6 Å². The Labute approximate surface area is 145 Å². The highest BCUT2D eigenvalue weighted by atomic mass is 35.5. The molecule has 0 aromatic heterocycles. The van der Waals surface area contributed by atoms with Crippen LogP contribution in [0.15, 0.2) is 30.4 Å². The van der Waals surface area contributed by atoms with Gasteiger partial charge in [0.2, 0.25) is 0 Å². The zero-order valence-corrected chi connectivity index (χ0v) is 14.0. The number of phenolic OH excluding ortho intramolecular Hbond substituents is 2. The van der Waals surface area contributed by atoms with E-state index in [4.69, 9.17) is 16.3 Å². The van der Waals surface area contributed by atoms with Gasteiger partial charge in [0.25, 0.3) is 0 Å². The van der Waals surface area contributed by atoms with Crippen LogP contribution in [0.25, 0.3) is 0 Å². The zero-order valence-electron chi connectivity index (χ0n) is 13.3. The third-order valence-corrected chi connectivity index (χ3v) is 4.17. The molecule has 1 aliphatic rings. The molecule has 0 saturated carbocycles. The van der Waals surface area contributed by atoms with E-state index in [1.54, 1.807) is 12.2 Å². The van der Waals surface area contributed by atoms with Crippen molar-refractivity contribution in [1.82, 2.24) is 0 Å². The number of hydrogen-bond acceptors (Lipinski definition) is 5. The highest BCUT2D eigenvalue weighted by Gasteiger charge is 2.24. The average Bonchev–Trinajstić information content (AvgIpc) is 2.52. The van der Waals surface area contributed by atoms with E-state index in [9.17, 15) is 19.8 Å². The second-order valence-corrected chi connectivity index (χ2v) is 6.10. The van der Waals surface area contributed by atoms with Gasteiger partial charge in [-0.05, 0) is 24.8 Å². The zero-order chi connectivity index (χ0) is 17.7. The molecule has 0 radical (unpaired) electrons. The Hall–Kier alpha value is -2.27. The summed E-state index contributed by atoms with van der Waals surface area (Å²) < 4.78 is 5.18. The first-order chi connectivity index (χ1) is 11.4. The third kappa shape index (κ3) is 4.38. The highest BCUT2D eigenvalue weighted by Crippen LogP contribution is 2.37. The molecular formula is C18H19ClO5. The lowest BCUT2D eigenvalue weighted by Crippen LogP contribution is -2.13. The Balaban J connectivity index is 2.45. The molecule has 24 heavy (non-hydrogen) atoms. The number of phenols is 2. The van der Waals surface area contributed by atoms with Gasteiger partial charge >= 0.3 is 5.97 Å². The first-order valence-electron chi connectivity index (χ1n) is 7.68. The van der Waals surface area contributed by atoms with Crippen LogP contribution >= 0.6 is 11.6 Å². The summed E-state index contributed by atoms with van der Waals surface area (Å²) >= 11 is 6.02. The molecule has 0 saturated heterocycles. The Morgan fingerprint density at radius 2 is 1.96 bits per heavy atom. The molecule has 1 aliphatic heterocycles. The molecule has 1 atom stereocenters. The molecule has 2 rings (SSSR count). The van der Waals surface area contributed by atoms with Crippen LogP contribution < -0.4 is 0 Å². The molecule has 0 amide bonds. The Morgan fingerprint density at radius 1 is 1.21 bits per heavy atom. The monoisotopic (exact) mass is 350 g/mol. The van der Waals surface area contributed by atoms with Crippen molar-refractivity contribution >= 4 is 23.4 Å². The maximum atomic E-state index is 12.3. The number of allylic oxidation sites excluding steroid dienone is 4. The lowest BCUT2D eigenvalue weighted by Gasteiger charge is -2.14. The highest BCUT2D eigenvalue weighted by molar-refractivity contribution is 6.33. The Morgan fingerprint density at radius 3 is 2.71 bits per heavy atom. The average molecular weight is 351 g/mol. The minimum atomic E-state index is -0.763. The number of benzene rings is 1. The lowest BCUT2D eigenvalue weighted by atomic mass is 9.99. The van der Waals surface area contributed by atoms with Crippen LogP contribution in [0.1, 0.15) is 35.7 Å². The van der Waals surface area contributed by atoms with Gasteiger partial charge in [-0.3, -0.25) is 4.79 Å². The van der Waals surface area contributed by atoms with E-state index in [0.29, 0.717) is 12.3 Å². The molecule has 5 nitrogen and oxygen atoms in total. The number of carbonyl (C=O) groups is 2. The van der Waals surface area contributed by atoms with Crippen molar-refractivity contribution in [1.29, 1.82) is 0 Å². The summed E-state index contributed by atoms with van der Waals surface area (Å²) in [6.07, 6.45) is 8.01. The molecule has 1 aromatic rings. The van der Waals surface area contributed by atoms with Crippen LogP contribution in [-0.2, 0) is 16.0 Å². The van der Waals surface area contributed by atoms with Gasteiger partial charge in [-0.2, -0.15) is 0 Å². The molecule has 0 spiro atoms. The normalized spacial score (nSPS) is 22.2. The van der Waals surface area contributed by atoms with Gasteiger partial charge in [-0.15, -0.1) is 0 Å². The number of halogens is 1. The lowest BCUT2D eigenvalue weighted by molar-refractivity contribution is -0.114. The molecule has 1 aromatic carbocycles. The summed E-state index contributed by atoms with van der Waals surface area (Å²) in [5.74, 6) is -1.65. The number of ether oxygens (including phenoxy) is 1. The minimum Gasteiger partial charge on any atom is -0.507 e. The molecule has 128 valence electrons. The van der Waals surface area contributed by atoms with Gasteiger partial charge in [0.05, 0.1) is 11.6 Å². The van der Waals surface area contributed by atoms with Crippen molar-refractivity contribution in [2.75, 3.05) is 6.61 Å². The van der Waals surface area contributed by atoms with Gasteiger partial charge in [-0.25, -0.2) is 4.79 Å². The van der Waals surface area contributed by atoms with Crippen molar-refractivity contribution in [2.45, 2.75) is 26.2 Å². The number of carbonyl (C=O) groups excluding carboxylic acids is 2. The van der Waals surface area contributed by atoms with Crippen molar-refractivity contribution < 1.29 is 24.5 Å². The molecule has 0 bridgehead atoms. The summed E-state index contributed by atoms with van der Waals surface area (Å²) in [5, 5.41) is 19.6. The van der Waals surface area contributed by atoms with E-state index < -0.39 is 17.5 Å². The molecule has 1 heterocycles. The standard InChI is InChI=1S/C18H19ClO5/c1-11-5-2-3-7-12(20)9-13-16(18(23)24-8-4-6-11)14(21)10-15(22)17(13)19/h2-3,5,7,10-11,21-22H,4,6,8-9H2,1H3/b5-2-,7-3+/t11-/m0/s1. The fraction of sp³-hybridized carbons (Fsp3) is 0.333. The molecular weight excluding hydrogens is 332 g/mol. The number of rotatable bonds is 0. The van der Waals surface area contributed by atoms with Gasteiger partial charge in [-0.1, -0.05) is 36.8 Å². The topological polar surface area (TPSA) is 83.8 Å². The first-order valence-corrected chi connectivity index (χ1v) is 8.06. The van der Waals surface area contributed by atoms with Gasteiger partial charge in [0, 0.05) is 18.1 Å². The van der Waals surface area contributed by atoms with Crippen LogP contribution in [0.3, 0.4) is 0 Å². The third-order valence-electron chi connectivity index (χ3n) is 3.75. The molecule has 0 fully saturated rings. The van der Waals surface area contributed by atoms with Crippen molar-refractivity contribution in [3.63, 3.8) is 0 Å². The fourth-order valence-electron chi connectivity index (χ4n) is 2.47. The van der Waals surface area contributed by atoms with E-state index in [1.165, 1.54) is 6.08 Å². The van der Waals surface area contributed by atoms with E-state index in [2.05, 4.69) is 0 Å². The predicted molar refractivity (Wildman–Crippen MR) is 90.5 cm³/mol. The number of esters is 1. The molecule has 0 aliphatic carbocycles. The number of fused-ring (bicyclic) bond motifs is 1. The van der Waals surface area contributed by atoms with Crippen LogP contribution in [0.4, 0.5) is 0 Å². The van der Waals surface area contributed by atoms with E-state index in [1.807, 2.05) is 13.0 Å². The van der Waals surface area contributed by atoms with E-state index in [-0.39, 0.29) is 35.0 Å². The molecule has 0 unspecified atom stereocenters. The molecule has 2 N–H and O–H groups in total. The Bertz CT molecular complexity index is 706. The van der Waals surface area contributed by atoms with E-state index >= 15 is 0 Å². The van der Waals surface area contributed by atoms with Crippen LogP contribution in [0.2, 0.25) is 5.02 Å². The predicted octanol–water partition coefficient (Wildman–Crippen LogP) is 3.56.